The van der Waals surface area contributed by atoms with E-state index in [1.54, 1.807) is 7.11 Å². The topological polar surface area (TPSA) is 67.6 Å². The first-order valence-electron chi connectivity index (χ1n) is 8.73. The number of ether oxygens (including phenoxy) is 1. The maximum Gasteiger partial charge on any atom is 0.490 e. The van der Waals surface area contributed by atoms with Crippen LogP contribution in [0.4, 0.5) is 13.2 Å². The van der Waals surface area contributed by atoms with E-state index in [4.69, 9.17) is 14.6 Å². The smallest absolute Gasteiger partial charge is 0.475 e. The number of rotatable bonds is 4. The van der Waals surface area contributed by atoms with E-state index < -0.39 is 12.1 Å². The summed E-state index contributed by atoms with van der Waals surface area (Å²) in [5.41, 5.74) is 5.34. The van der Waals surface area contributed by atoms with Crippen molar-refractivity contribution < 1.29 is 27.8 Å². The number of carbonyl (C=O) groups is 1. The second kappa shape index (κ2) is 9.20. The van der Waals surface area contributed by atoms with Gasteiger partial charge in [0.05, 0.1) is 24.5 Å². The first-order valence-corrected chi connectivity index (χ1v) is 8.73. The van der Waals surface area contributed by atoms with Gasteiger partial charge >= 0.3 is 12.1 Å². The molecule has 2 heterocycles. The van der Waals surface area contributed by atoms with Gasteiger partial charge in [-0.2, -0.15) is 18.3 Å². The van der Waals surface area contributed by atoms with Crippen LogP contribution in [-0.2, 0) is 29.5 Å². The third-order valence-electron chi connectivity index (χ3n) is 4.52. The van der Waals surface area contributed by atoms with Gasteiger partial charge in [-0.3, -0.25) is 9.58 Å². The summed E-state index contributed by atoms with van der Waals surface area (Å²) in [6, 6.07) is 9.03. The summed E-state index contributed by atoms with van der Waals surface area (Å²) < 4.78 is 39.2. The summed E-state index contributed by atoms with van der Waals surface area (Å²) in [4.78, 5) is 11.4. The van der Waals surface area contributed by atoms with Crippen LogP contribution < -0.4 is 0 Å². The Labute approximate surface area is 161 Å². The van der Waals surface area contributed by atoms with Crippen molar-refractivity contribution in [1.82, 2.24) is 14.7 Å². The number of aliphatic carboxylic acids is 1. The van der Waals surface area contributed by atoms with Crippen LogP contribution in [0, 0.1) is 6.92 Å². The Bertz CT molecular complexity index is 805. The van der Waals surface area contributed by atoms with Gasteiger partial charge in [-0.25, -0.2) is 4.79 Å². The van der Waals surface area contributed by atoms with Gasteiger partial charge in [-0.1, -0.05) is 29.8 Å². The van der Waals surface area contributed by atoms with Crippen LogP contribution in [0.1, 0.15) is 28.4 Å². The maximum atomic E-state index is 10.6. The van der Waals surface area contributed by atoms with E-state index in [1.165, 1.54) is 22.4 Å². The lowest BCUT2D eigenvalue weighted by Crippen LogP contribution is -2.38. The fourth-order valence-corrected chi connectivity index (χ4v) is 3.28. The highest BCUT2D eigenvalue weighted by molar-refractivity contribution is 5.73. The lowest BCUT2D eigenvalue weighted by Gasteiger charge is -2.35. The first kappa shape index (κ1) is 21.9. The molecular weight excluding hydrogens is 375 g/mol. The van der Waals surface area contributed by atoms with E-state index in [1.807, 2.05) is 17.9 Å². The molecule has 154 valence electrons. The van der Waals surface area contributed by atoms with Crippen LogP contribution in [0.15, 0.2) is 30.5 Å². The zero-order valence-electron chi connectivity index (χ0n) is 16.0. The average molecular weight is 399 g/mol. The van der Waals surface area contributed by atoms with Crippen LogP contribution in [0.25, 0.3) is 0 Å². The molecule has 1 aromatic carbocycles. The minimum absolute atomic E-state index is 0.284. The fourth-order valence-electron chi connectivity index (χ4n) is 3.28. The highest BCUT2D eigenvalue weighted by Gasteiger charge is 2.38. The Morgan fingerprint density at radius 1 is 1.39 bits per heavy atom. The highest BCUT2D eigenvalue weighted by atomic mass is 19.4. The number of hydrogen-bond donors (Lipinski definition) is 1. The highest BCUT2D eigenvalue weighted by Crippen LogP contribution is 2.30. The summed E-state index contributed by atoms with van der Waals surface area (Å²) in [6.45, 7) is 4.87. The van der Waals surface area contributed by atoms with Crippen LogP contribution in [0.2, 0.25) is 0 Å². The molecule has 1 atom stereocenters. The van der Waals surface area contributed by atoms with Gasteiger partial charge in [-0.05, 0) is 24.5 Å². The zero-order chi connectivity index (χ0) is 20.9. The van der Waals surface area contributed by atoms with Crippen molar-refractivity contribution >= 4 is 5.97 Å². The van der Waals surface area contributed by atoms with Gasteiger partial charge < -0.3 is 9.84 Å². The third-order valence-corrected chi connectivity index (χ3v) is 4.52. The number of carboxylic acids is 1. The molecule has 0 saturated carbocycles. The van der Waals surface area contributed by atoms with Crippen molar-refractivity contribution in [2.45, 2.75) is 32.1 Å². The SMILES string of the molecule is COCC1c2c(cnn2C)CCN1Cc1cccc(C)c1.O=C(O)C(F)(F)F. The Morgan fingerprint density at radius 2 is 2.07 bits per heavy atom. The van der Waals surface area contributed by atoms with Gasteiger partial charge in [0.1, 0.15) is 0 Å². The van der Waals surface area contributed by atoms with E-state index in [0.29, 0.717) is 6.61 Å². The molecule has 0 radical (unpaired) electrons. The summed E-state index contributed by atoms with van der Waals surface area (Å²) in [5, 5.41) is 11.5. The largest absolute Gasteiger partial charge is 0.490 e. The van der Waals surface area contributed by atoms with Crippen LogP contribution in [-0.4, -0.2) is 52.2 Å². The molecule has 3 rings (SSSR count). The number of aromatic nitrogens is 2. The summed E-state index contributed by atoms with van der Waals surface area (Å²) >= 11 is 0. The van der Waals surface area contributed by atoms with Crippen molar-refractivity contribution in [1.29, 1.82) is 0 Å². The predicted molar refractivity (Wildman–Crippen MR) is 96.8 cm³/mol. The molecule has 28 heavy (non-hydrogen) atoms. The van der Waals surface area contributed by atoms with Gasteiger partial charge in [0.15, 0.2) is 0 Å². The fraction of sp³-hybridized carbons (Fsp3) is 0.474. The quantitative estimate of drug-likeness (QED) is 0.856. The number of methoxy groups -OCH3 is 1. The minimum Gasteiger partial charge on any atom is -0.475 e. The van der Waals surface area contributed by atoms with Crippen molar-refractivity contribution in [2.75, 3.05) is 20.3 Å². The lowest BCUT2D eigenvalue weighted by atomic mass is 9.99. The number of fused-ring (bicyclic) bond motifs is 1. The van der Waals surface area contributed by atoms with Gasteiger partial charge in [0.2, 0.25) is 0 Å². The first-order chi connectivity index (χ1) is 13.1. The normalized spacial score (nSPS) is 16.9. The third kappa shape index (κ3) is 5.56. The molecular formula is C19H24F3N3O3. The number of alkyl halides is 3. The van der Waals surface area contributed by atoms with E-state index in [0.717, 1.165) is 19.5 Å². The van der Waals surface area contributed by atoms with E-state index in [9.17, 15) is 13.2 Å². The average Bonchev–Trinajstić information content (AvgIpc) is 2.98. The number of halogens is 3. The number of hydrogen-bond acceptors (Lipinski definition) is 4. The maximum absolute atomic E-state index is 10.6. The Hall–Kier alpha value is -2.39. The lowest BCUT2D eigenvalue weighted by molar-refractivity contribution is -0.192. The number of aryl methyl sites for hydroxylation is 2. The number of nitrogens with zero attached hydrogens (tertiary/aromatic N) is 3. The number of benzene rings is 1. The summed E-state index contributed by atoms with van der Waals surface area (Å²) in [5.74, 6) is -2.76. The minimum atomic E-state index is -5.08. The van der Waals surface area contributed by atoms with Crippen LogP contribution in [0.5, 0.6) is 0 Å². The zero-order valence-corrected chi connectivity index (χ0v) is 16.0. The van der Waals surface area contributed by atoms with Crippen molar-refractivity contribution in [3.63, 3.8) is 0 Å². The Balaban J connectivity index is 0.000000345. The molecule has 1 aliphatic heterocycles. The summed E-state index contributed by atoms with van der Waals surface area (Å²) in [6.07, 6.45) is -2.02. The molecule has 0 amide bonds. The molecule has 1 unspecified atom stereocenters. The van der Waals surface area contributed by atoms with Crippen LogP contribution in [0.3, 0.4) is 0 Å². The van der Waals surface area contributed by atoms with Crippen molar-refractivity contribution in [3.05, 3.63) is 52.8 Å². The van der Waals surface area contributed by atoms with Gasteiger partial charge in [0, 0.05) is 27.2 Å². The molecule has 0 spiro atoms. The molecule has 0 saturated heterocycles. The number of carboxylic acid groups (broad SMARTS) is 1. The van der Waals surface area contributed by atoms with E-state index in [2.05, 4.69) is 41.2 Å². The monoisotopic (exact) mass is 399 g/mol. The van der Waals surface area contributed by atoms with Crippen LogP contribution >= 0.6 is 0 Å². The molecule has 6 nitrogen and oxygen atoms in total. The molecule has 1 N–H and O–H groups in total. The molecule has 0 fully saturated rings. The summed E-state index contributed by atoms with van der Waals surface area (Å²) in [7, 11) is 3.80. The second-order valence-corrected chi connectivity index (χ2v) is 6.66. The second-order valence-electron chi connectivity index (χ2n) is 6.66. The molecule has 0 aliphatic carbocycles. The molecule has 1 aliphatic rings. The Kier molecular flexibility index (Phi) is 7.20. The van der Waals surface area contributed by atoms with E-state index in [-0.39, 0.29) is 6.04 Å². The molecule has 9 heteroatoms. The van der Waals surface area contributed by atoms with Gasteiger partial charge in [0.25, 0.3) is 0 Å². The molecule has 0 bridgehead atoms. The standard InChI is InChI=1S/C17H23N3O.C2HF3O2/c1-13-5-4-6-14(9-13)11-20-8-7-15-10-18-19(2)17(15)16(20)12-21-3;3-2(4,5)1(6)7/h4-6,9-10,16H,7-8,11-12H2,1-3H3;(H,6,7). The molecule has 1 aromatic heterocycles. The van der Waals surface area contributed by atoms with Gasteiger partial charge in [-0.15, -0.1) is 0 Å². The van der Waals surface area contributed by atoms with Crippen molar-refractivity contribution in [3.8, 4) is 0 Å². The Morgan fingerprint density at radius 3 is 2.64 bits per heavy atom. The predicted octanol–water partition coefficient (Wildman–Crippen LogP) is 3.11. The van der Waals surface area contributed by atoms with Crippen molar-refractivity contribution in [2.24, 2.45) is 7.05 Å². The van der Waals surface area contributed by atoms with E-state index >= 15 is 0 Å². The molecule has 2 aromatic rings.